The van der Waals surface area contributed by atoms with Gasteiger partial charge in [-0.3, -0.25) is 0 Å². The van der Waals surface area contributed by atoms with Crippen molar-refractivity contribution in [3.63, 3.8) is 0 Å². The maximum absolute atomic E-state index is 6.39. The van der Waals surface area contributed by atoms with Gasteiger partial charge in [0.25, 0.3) is 0 Å². The molecule has 11 rings (SSSR count). The van der Waals surface area contributed by atoms with Crippen LogP contribution in [0.3, 0.4) is 0 Å². The van der Waals surface area contributed by atoms with E-state index in [-0.39, 0.29) is 0 Å². The van der Waals surface area contributed by atoms with E-state index in [0.29, 0.717) is 0 Å². The van der Waals surface area contributed by atoms with E-state index in [1.807, 2.05) is 6.07 Å². The molecule has 0 saturated carbocycles. The molecule has 2 nitrogen and oxygen atoms in total. The van der Waals surface area contributed by atoms with Gasteiger partial charge in [0, 0.05) is 33.1 Å². The molecule has 1 heterocycles. The largest absolute Gasteiger partial charge is 0.456 e. The van der Waals surface area contributed by atoms with Gasteiger partial charge in [0.05, 0.1) is 5.69 Å². The van der Waals surface area contributed by atoms with Gasteiger partial charge in [0.15, 0.2) is 0 Å². The first-order valence-corrected chi connectivity index (χ1v) is 19.2. The molecule has 56 heavy (non-hydrogen) atoms. The van der Waals surface area contributed by atoms with Gasteiger partial charge >= 0.3 is 0 Å². The lowest BCUT2D eigenvalue weighted by Gasteiger charge is -2.28. The fraction of sp³-hybridized carbons (Fsp3) is 0. The molecule has 0 aliphatic carbocycles. The molecule has 262 valence electrons. The van der Waals surface area contributed by atoms with Crippen molar-refractivity contribution >= 4 is 71.3 Å². The molecule has 0 aliphatic rings. The van der Waals surface area contributed by atoms with E-state index in [4.69, 9.17) is 4.42 Å². The Balaban J connectivity index is 1.09. The molecular formula is C54H35NO. The lowest BCUT2D eigenvalue weighted by Crippen LogP contribution is -2.11. The molecule has 1 aromatic heterocycles. The number of nitrogens with zero attached hydrogens (tertiary/aromatic N) is 1. The summed E-state index contributed by atoms with van der Waals surface area (Å²) in [7, 11) is 0. The molecule has 0 radical (unpaired) electrons. The van der Waals surface area contributed by atoms with Gasteiger partial charge in [0.2, 0.25) is 0 Å². The number of fused-ring (bicyclic) bond motifs is 10. The molecule has 0 atom stereocenters. The van der Waals surface area contributed by atoms with Gasteiger partial charge in [0.1, 0.15) is 11.2 Å². The van der Waals surface area contributed by atoms with Gasteiger partial charge in [-0.15, -0.1) is 0 Å². The summed E-state index contributed by atoms with van der Waals surface area (Å²) in [6.07, 6.45) is 0. The Hall–Kier alpha value is -7.42. The average molecular weight is 714 g/mol. The zero-order valence-corrected chi connectivity index (χ0v) is 30.6. The van der Waals surface area contributed by atoms with Crippen LogP contribution in [0.25, 0.3) is 87.6 Å². The summed E-state index contributed by atoms with van der Waals surface area (Å²) < 4.78 is 6.39. The van der Waals surface area contributed by atoms with Gasteiger partial charge in [-0.05, 0) is 103 Å². The third-order valence-electron chi connectivity index (χ3n) is 11.3. The number of rotatable bonds is 6. The summed E-state index contributed by atoms with van der Waals surface area (Å²) in [4.78, 5) is 2.39. The highest BCUT2D eigenvalue weighted by atomic mass is 16.3. The fourth-order valence-corrected chi connectivity index (χ4v) is 8.72. The number of hydrogen-bond donors (Lipinski definition) is 0. The monoisotopic (exact) mass is 713 g/mol. The van der Waals surface area contributed by atoms with E-state index in [1.165, 1.54) is 71.1 Å². The summed E-state index contributed by atoms with van der Waals surface area (Å²) in [5.41, 5.74) is 12.3. The maximum Gasteiger partial charge on any atom is 0.136 e. The Labute approximate surface area is 325 Å². The van der Waals surface area contributed by atoms with E-state index >= 15 is 0 Å². The van der Waals surface area contributed by atoms with Crippen LogP contribution < -0.4 is 4.90 Å². The molecule has 11 aromatic rings. The van der Waals surface area contributed by atoms with Crippen LogP contribution in [-0.4, -0.2) is 0 Å². The van der Waals surface area contributed by atoms with Crippen LogP contribution in [0.2, 0.25) is 0 Å². The topological polar surface area (TPSA) is 16.4 Å². The molecule has 0 fully saturated rings. The SMILES string of the molecule is c1ccc(-c2ccc(-c3ccc(N(c4ccccc4)c4ccccc4-c4cccc5c6ccc7oc8ccccc8c7c6c6ccccc6c45)cc3)cc2)cc1. The Morgan fingerprint density at radius 2 is 0.750 bits per heavy atom. The molecule has 10 aromatic carbocycles. The van der Waals surface area contributed by atoms with Crippen LogP contribution in [0.5, 0.6) is 0 Å². The van der Waals surface area contributed by atoms with Crippen molar-refractivity contribution in [2.75, 3.05) is 4.90 Å². The number of furan rings is 1. The van der Waals surface area contributed by atoms with Gasteiger partial charge in [-0.2, -0.15) is 0 Å². The Morgan fingerprint density at radius 3 is 1.46 bits per heavy atom. The molecule has 2 heteroatoms. The first-order chi connectivity index (χ1) is 27.8. The van der Waals surface area contributed by atoms with E-state index in [0.717, 1.165) is 33.6 Å². The lowest BCUT2D eigenvalue weighted by atomic mass is 9.87. The van der Waals surface area contributed by atoms with Crippen molar-refractivity contribution in [1.29, 1.82) is 0 Å². The molecule has 0 unspecified atom stereocenters. The minimum Gasteiger partial charge on any atom is -0.456 e. The lowest BCUT2D eigenvalue weighted by molar-refractivity contribution is 0.669. The van der Waals surface area contributed by atoms with Crippen molar-refractivity contribution in [2.45, 2.75) is 0 Å². The highest BCUT2D eigenvalue weighted by molar-refractivity contribution is 6.36. The standard InChI is InChI=1S/C54H35NO/c1-3-14-36(15-4-1)37-26-28-38(29-27-37)39-30-32-41(33-31-39)55(40-16-5-2-6-17-40)49-24-11-9-18-42(49)43-22-13-23-45-47-34-35-51-54(48-21-10-12-25-50(48)56-51)53(47)46-20-8-7-19-44(46)52(43)45/h1-35H. The predicted octanol–water partition coefficient (Wildman–Crippen LogP) is 15.5. The zero-order valence-electron chi connectivity index (χ0n) is 30.6. The van der Waals surface area contributed by atoms with Crippen LogP contribution in [0.1, 0.15) is 0 Å². The van der Waals surface area contributed by atoms with Crippen LogP contribution >= 0.6 is 0 Å². The molecular weight excluding hydrogens is 679 g/mol. The molecule has 0 amide bonds. The highest BCUT2D eigenvalue weighted by Gasteiger charge is 2.21. The van der Waals surface area contributed by atoms with Gasteiger partial charge in [-0.1, -0.05) is 164 Å². The first-order valence-electron chi connectivity index (χ1n) is 19.2. The Morgan fingerprint density at radius 1 is 0.268 bits per heavy atom. The van der Waals surface area contributed by atoms with E-state index in [1.54, 1.807) is 0 Å². The van der Waals surface area contributed by atoms with E-state index in [9.17, 15) is 0 Å². The maximum atomic E-state index is 6.39. The summed E-state index contributed by atoms with van der Waals surface area (Å²) in [5.74, 6) is 0. The third kappa shape index (κ3) is 5.19. The molecule has 0 spiro atoms. The third-order valence-corrected chi connectivity index (χ3v) is 11.3. The van der Waals surface area contributed by atoms with Crippen molar-refractivity contribution < 1.29 is 4.42 Å². The minimum absolute atomic E-state index is 0.914. The number of anilines is 3. The van der Waals surface area contributed by atoms with Crippen molar-refractivity contribution in [2.24, 2.45) is 0 Å². The first kappa shape index (κ1) is 32.0. The number of benzene rings is 10. The summed E-state index contributed by atoms with van der Waals surface area (Å²) >= 11 is 0. The molecule has 0 aliphatic heterocycles. The molecule has 0 N–H and O–H groups in total. The van der Waals surface area contributed by atoms with E-state index < -0.39 is 0 Å². The summed E-state index contributed by atoms with van der Waals surface area (Å²) in [5, 5.41) is 9.72. The zero-order chi connectivity index (χ0) is 37.0. The average Bonchev–Trinajstić information content (AvgIpc) is 3.66. The normalized spacial score (nSPS) is 11.6. The van der Waals surface area contributed by atoms with Crippen molar-refractivity contribution in [3.05, 3.63) is 212 Å². The number of para-hydroxylation sites is 3. The summed E-state index contributed by atoms with van der Waals surface area (Å²) in [6.45, 7) is 0. The van der Waals surface area contributed by atoms with E-state index in [2.05, 4.69) is 211 Å². The summed E-state index contributed by atoms with van der Waals surface area (Å²) in [6, 6.07) is 76.3. The Kier molecular flexibility index (Phi) is 7.53. The van der Waals surface area contributed by atoms with Crippen LogP contribution in [0.4, 0.5) is 17.1 Å². The molecule has 0 saturated heterocycles. The van der Waals surface area contributed by atoms with Crippen LogP contribution in [0.15, 0.2) is 217 Å². The highest BCUT2D eigenvalue weighted by Crippen LogP contribution is 2.48. The van der Waals surface area contributed by atoms with Crippen LogP contribution in [-0.2, 0) is 0 Å². The Bertz CT molecular complexity index is 3190. The minimum atomic E-state index is 0.914. The molecule has 0 bridgehead atoms. The second kappa shape index (κ2) is 13.2. The fourth-order valence-electron chi connectivity index (χ4n) is 8.72. The van der Waals surface area contributed by atoms with Crippen LogP contribution in [0, 0.1) is 0 Å². The second-order valence-electron chi connectivity index (χ2n) is 14.4. The van der Waals surface area contributed by atoms with Gasteiger partial charge in [-0.25, -0.2) is 0 Å². The van der Waals surface area contributed by atoms with Crippen molar-refractivity contribution in [3.8, 4) is 33.4 Å². The van der Waals surface area contributed by atoms with Gasteiger partial charge < -0.3 is 9.32 Å². The quantitative estimate of drug-likeness (QED) is 0.160. The van der Waals surface area contributed by atoms with Crippen molar-refractivity contribution in [1.82, 2.24) is 0 Å². The predicted molar refractivity (Wildman–Crippen MR) is 237 cm³/mol. The smallest absolute Gasteiger partial charge is 0.136 e. The number of hydrogen-bond acceptors (Lipinski definition) is 2. The second-order valence-corrected chi connectivity index (χ2v) is 14.4.